The lowest BCUT2D eigenvalue weighted by atomic mass is 9.97. The smallest absolute Gasteiger partial charge is 0.0317 e. The van der Waals surface area contributed by atoms with Gasteiger partial charge in [0, 0.05) is 6.04 Å². The molecule has 1 unspecified atom stereocenters. The molecule has 0 saturated carbocycles. The monoisotopic (exact) mass is 281 g/mol. The van der Waals surface area contributed by atoms with Crippen LogP contribution in [0.25, 0.3) is 11.1 Å². The first kappa shape index (κ1) is 15.8. The average Bonchev–Trinajstić information content (AvgIpc) is 2.53. The van der Waals surface area contributed by atoms with Gasteiger partial charge in [0.2, 0.25) is 0 Å². The molecule has 0 heterocycles. The molecule has 112 valence electrons. The minimum atomic E-state index is 0.465. The van der Waals surface area contributed by atoms with E-state index in [2.05, 4.69) is 81.5 Å². The zero-order chi connectivity index (χ0) is 15.2. The second-order valence-corrected chi connectivity index (χ2v) is 5.92. The minimum Gasteiger partial charge on any atom is -0.310 e. The molecule has 1 heteroatoms. The highest BCUT2D eigenvalue weighted by atomic mass is 14.9. The summed E-state index contributed by atoms with van der Waals surface area (Å²) in [6, 6.07) is 18.4. The van der Waals surface area contributed by atoms with Crippen molar-refractivity contribution in [1.29, 1.82) is 0 Å². The summed E-state index contributed by atoms with van der Waals surface area (Å²) in [5, 5.41) is 3.53. The van der Waals surface area contributed by atoms with Gasteiger partial charge in [-0.05, 0) is 41.1 Å². The molecule has 0 aromatic heterocycles. The van der Waals surface area contributed by atoms with E-state index in [-0.39, 0.29) is 0 Å². The van der Waals surface area contributed by atoms with E-state index >= 15 is 0 Å². The van der Waals surface area contributed by atoms with Gasteiger partial charge in [-0.2, -0.15) is 0 Å². The third kappa shape index (κ3) is 3.95. The molecule has 0 bridgehead atoms. The Morgan fingerprint density at radius 3 is 1.62 bits per heavy atom. The SMILES string of the molecule is CCNC(CC)c1ccc(-c2ccc(C(C)C)cc2)cc1. The fourth-order valence-electron chi connectivity index (χ4n) is 2.71. The van der Waals surface area contributed by atoms with Crippen LogP contribution in [0.5, 0.6) is 0 Å². The standard InChI is InChI=1S/C20H27N/c1-5-20(21-6-2)19-13-11-18(12-14-19)17-9-7-16(8-10-17)15(3)4/h7-15,20-21H,5-6H2,1-4H3. The summed E-state index contributed by atoms with van der Waals surface area (Å²) < 4.78 is 0. The molecular weight excluding hydrogens is 254 g/mol. The van der Waals surface area contributed by atoms with Gasteiger partial charge in [-0.15, -0.1) is 0 Å². The highest BCUT2D eigenvalue weighted by Crippen LogP contribution is 2.25. The molecule has 0 aliphatic heterocycles. The third-order valence-corrected chi connectivity index (χ3v) is 4.08. The molecule has 2 aromatic carbocycles. The van der Waals surface area contributed by atoms with E-state index in [4.69, 9.17) is 0 Å². The van der Waals surface area contributed by atoms with E-state index in [9.17, 15) is 0 Å². The molecule has 0 spiro atoms. The Labute approximate surface area is 129 Å². The van der Waals surface area contributed by atoms with Gasteiger partial charge < -0.3 is 5.32 Å². The van der Waals surface area contributed by atoms with Crippen molar-refractivity contribution in [3.8, 4) is 11.1 Å². The van der Waals surface area contributed by atoms with Gasteiger partial charge in [0.25, 0.3) is 0 Å². The molecule has 0 amide bonds. The van der Waals surface area contributed by atoms with Crippen molar-refractivity contribution in [2.24, 2.45) is 0 Å². The number of rotatable bonds is 6. The van der Waals surface area contributed by atoms with Gasteiger partial charge in [0.15, 0.2) is 0 Å². The molecule has 0 aliphatic rings. The van der Waals surface area contributed by atoms with Gasteiger partial charge in [0.05, 0.1) is 0 Å². The first-order valence-electron chi connectivity index (χ1n) is 8.09. The molecule has 0 radical (unpaired) electrons. The van der Waals surface area contributed by atoms with Crippen molar-refractivity contribution in [2.75, 3.05) is 6.54 Å². The van der Waals surface area contributed by atoms with Crippen molar-refractivity contribution in [3.63, 3.8) is 0 Å². The molecular formula is C20H27N. The third-order valence-electron chi connectivity index (χ3n) is 4.08. The normalized spacial score (nSPS) is 12.6. The van der Waals surface area contributed by atoms with Crippen LogP contribution >= 0.6 is 0 Å². The van der Waals surface area contributed by atoms with Crippen LogP contribution in [-0.2, 0) is 0 Å². The van der Waals surface area contributed by atoms with Crippen LogP contribution in [0.15, 0.2) is 48.5 Å². The summed E-state index contributed by atoms with van der Waals surface area (Å²) in [6.45, 7) is 9.86. The fourth-order valence-corrected chi connectivity index (χ4v) is 2.71. The Hall–Kier alpha value is -1.60. The molecule has 1 N–H and O–H groups in total. The van der Waals surface area contributed by atoms with Crippen LogP contribution in [-0.4, -0.2) is 6.54 Å². The van der Waals surface area contributed by atoms with Crippen LogP contribution in [0.3, 0.4) is 0 Å². The highest BCUT2D eigenvalue weighted by molar-refractivity contribution is 5.64. The second-order valence-electron chi connectivity index (χ2n) is 5.92. The molecule has 0 aliphatic carbocycles. The Morgan fingerprint density at radius 1 is 0.762 bits per heavy atom. The Kier molecular flexibility index (Phi) is 5.58. The van der Waals surface area contributed by atoms with Crippen LogP contribution < -0.4 is 5.32 Å². The number of nitrogens with one attached hydrogen (secondary N) is 1. The Bertz CT molecular complexity index is 537. The number of hydrogen-bond acceptors (Lipinski definition) is 1. The molecule has 0 saturated heterocycles. The summed E-state index contributed by atoms with van der Waals surface area (Å²) in [6.07, 6.45) is 1.12. The van der Waals surface area contributed by atoms with Crippen LogP contribution in [0, 0.1) is 0 Å². The van der Waals surface area contributed by atoms with Crippen molar-refractivity contribution < 1.29 is 0 Å². The maximum Gasteiger partial charge on any atom is 0.0317 e. The molecule has 1 nitrogen and oxygen atoms in total. The minimum absolute atomic E-state index is 0.465. The van der Waals surface area contributed by atoms with Gasteiger partial charge >= 0.3 is 0 Å². The quantitative estimate of drug-likeness (QED) is 0.733. The van der Waals surface area contributed by atoms with Gasteiger partial charge in [-0.25, -0.2) is 0 Å². The van der Waals surface area contributed by atoms with Gasteiger partial charge in [0.1, 0.15) is 0 Å². The topological polar surface area (TPSA) is 12.0 Å². The summed E-state index contributed by atoms with van der Waals surface area (Å²) in [4.78, 5) is 0. The summed E-state index contributed by atoms with van der Waals surface area (Å²) >= 11 is 0. The van der Waals surface area contributed by atoms with E-state index in [1.54, 1.807) is 0 Å². The molecule has 2 aromatic rings. The second kappa shape index (κ2) is 7.42. The van der Waals surface area contributed by atoms with E-state index < -0.39 is 0 Å². The van der Waals surface area contributed by atoms with Gasteiger partial charge in [-0.3, -0.25) is 0 Å². The van der Waals surface area contributed by atoms with Crippen molar-refractivity contribution in [3.05, 3.63) is 59.7 Å². The maximum absolute atomic E-state index is 3.53. The molecule has 2 rings (SSSR count). The summed E-state index contributed by atoms with van der Waals surface area (Å²) in [5.41, 5.74) is 5.36. The zero-order valence-corrected chi connectivity index (χ0v) is 13.7. The average molecular weight is 281 g/mol. The van der Waals surface area contributed by atoms with E-state index in [0.29, 0.717) is 12.0 Å². The predicted octanol–water partition coefficient (Wildman–Crippen LogP) is 5.54. The summed E-state index contributed by atoms with van der Waals surface area (Å²) in [7, 11) is 0. The fraction of sp³-hybridized carbons (Fsp3) is 0.400. The molecule has 1 atom stereocenters. The maximum atomic E-state index is 3.53. The Balaban J connectivity index is 2.18. The van der Waals surface area contributed by atoms with Crippen LogP contribution in [0.2, 0.25) is 0 Å². The lowest BCUT2D eigenvalue weighted by Gasteiger charge is -2.16. The number of hydrogen-bond donors (Lipinski definition) is 1. The van der Waals surface area contributed by atoms with E-state index in [1.165, 1.54) is 22.3 Å². The summed E-state index contributed by atoms with van der Waals surface area (Å²) in [5.74, 6) is 0.590. The first-order valence-corrected chi connectivity index (χ1v) is 8.09. The van der Waals surface area contributed by atoms with Crippen LogP contribution in [0.4, 0.5) is 0 Å². The molecule has 21 heavy (non-hydrogen) atoms. The first-order chi connectivity index (χ1) is 10.2. The predicted molar refractivity (Wildman–Crippen MR) is 92.7 cm³/mol. The van der Waals surface area contributed by atoms with Crippen molar-refractivity contribution >= 4 is 0 Å². The zero-order valence-electron chi connectivity index (χ0n) is 13.7. The highest BCUT2D eigenvalue weighted by Gasteiger charge is 2.07. The van der Waals surface area contributed by atoms with E-state index in [0.717, 1.165) is 13.0 Å². The lowest BCUT2D eigenvalue weighted by molar-refractivity contribution is 0.537. The largest absolute Gasteiger partial charge is 0.310 e. The lowest BCUT2D eigenvalue weighted by Crippen LogP contribution is -2.19. The van der Waals surface area contributed by atoms with Crippen LogP contribution in [0.1, 0.15) is 57.2 Å². The Morgan fingerprint density at radius 2 is 1.24 bits per heavy atom. The van der Waals surface area contributed by atoms with E-state index in [1.807, 2.05) is 0 Å². The molecule has 0 fully saturated rings. The number of benzene rings is 2. The van der Waals surface area contributed by atoms with Crippen molar-refractivity contribution in [2.45, 2.75) is 46.1 Å². The van der Waals surface area contributed by atoms with Crippen molar-refractivity contribution in [1.82, 2.24) is 5.32 Å². The van der Waals surface area contributed by atoms with Gasteiger partial charge in [-0.1, -0.05) is 76.2 Å².